The maximum Gasteiger partial charge on any atom is 0.169 e. The highest BCUT2D eigenvalue weighted by Crippen LogP contribution is 2.05. The standard InChI is InChI=1S/C9H12N2OS/c1-2-5-10-9(13)11-6-3-8(12)4-7-11/h1H,3-7H2,(H,10,13). The highest BCUT2D eigenvalue weighted by Gasteiger charge is 2.17. The van der Waals surface area contributed by atoms with Crippen molar-refractivity contribution in [1.82, 2.24) is 10.2 Å². The van der Waals surface area contributed by atoms with Crippen LogP contribution in [0.15, 0.2) is 0 Å². The predicted octanol–water partition coefficient (Wildman–Crippen LogP) is 0.159. The first-order valence-electron chi connectivity index (χ1n) is 4.22. The van der Waals surface area contributed by atoms with Crippen molar-refractivity contribution in [2.24, 2.45) is 0 Å². The van der Waals surface area contributed by atoms with Gasteiger partial charge in [-0.3, -0.25) is 4.79 Å². The van der Waals surface area contributed by atoms with Gasteiger partial charge in [-0.2, -0.15) is 0 Å². The first kappa shape index (κ1) is 10.0. The Kier molecular flexibility index (Phi) is 3.71. The van der Waals surface area contributed by atoms with Gasteiger partial charge in [0.1, 0.15) is 5.78 Å². The zero-order valence-electron chi connectivity index (χ0n) is 7.38. The number of thiocarbonyl (C=S) groups is 1. The lowest BCUT2D eigenvalue weighted by molar-refractivity contribution is -0.120. The minimum Gasteiger partial charge on any atom is -0.352 e. The van der Waals surface area contributed by atoms with Gasteiger partial charge >= 0.3 is 0 Å². The largest absolute Gasteiger partial charge is 0.352 e. The molecule has 0 aromatic carbocycles. The van der Waals surface area contributed by atoms with Crippen LogP contribution in [0.3, 0.4) is 0 Å². The Balaban J connectivity index is 2.32. The molecule has 1 aliphatic heterocycles. The smallest absolute Gasteiger partial charge is 0.169 e. The van der Waals surface area contributed by atoms with Crippen LogP contribution in [-0.2, 0) is 4.79 Å². The number of nitrogens with zero attached hydrogens (tertiary/aromatic N) is 1. The van der Waals surface area contributed by atoms with Crippen molar-refractivity contribution < 1.29 is 4.79 Å². The molecule has 70 valence electrons. The van der Waals surface area contributed by atoms with Crippen molar-refractivity contribution >= 4 is 23.1 Å². The Bertz CT molecular complexity index is 247. The summed E-state index contributed by atoms with van der Waals surface area (Å²) in [7, 11) is 0. The molecule has 0 spiro atoms. The number of likely N-dealkylation sites (tertiary alicyclic amines) is 1. The first-order valence-corrected chi connectivity index (χ1v) is 4.63. The van der Waals surface area contributed by atoms with E-state index < -0.39 is 0 Å². The van der Waals surface area contributed by atoms with Gasteiger partial charge in [0.15, 0.2) is 5.11 Å². The number of carbonyl (C=O) groups excluding carboxylic acids is 1. The fourth-order valence-electron chi connectivity index (χ4n) is 1.20. The van der Waals surface area contributed by atoms with E-state index >= 15 is 0 Å². The second-order valence-electron chi connectivity index (χ2n) is 2.89. The third-order valence-corrected chi connectivity index (χ3v) is 2.35. The van der Waals surface area contributed by atoms with Crippen molar-refractivity contribution in [1.29, 1.82) is 0 Å². The summed E-state index contributed by atoms with van der Waals surface area (Å²) in [5.74, 6) is 2.77. The van der Waals surface area contributed by atoms with Crippen LogP contribution in [0.5, 0.6) is 0 Å². The minimum absolute atomic E-state index is 0.316. The van der Waals surface area contributed by atoms with Crippen LogP contribution in [0.1, 0.15) is 12.8 Å². The number of hydrogen-bond acceptors (Lipinski definition) is 2. The van der Waals surface area contributed by atoms with Crippen molar-refractivity contribution in [2.75, 3.05) is 19.6 Å². The number of nitrogens with one attached hydrogen (secondary N) is 1. The third-order valence-electron chi connectivity index (χ3n) is 1.95. The summed E-state index contributed by atoms with van der Waals surface area (Å²) in [6, 6.07) is 0. The van der Waals surface area contributed by atoms with Crippen LogP contribution in [0.2, 0.25) is 0 Å². The molecule has 0 saturated carbocycles. The van der Waals surface area contributed by atoms with E-state index in [-0.39, 0.29) is 0 Å². The monoisotopic (exact) mass is 196 g/mol. The number of hydrogen-bond donors (Lipinski definition) is 1. The average molecular weight is 196 g/mol. The molecule has 0 bridgehead atoms. The predicted molar refractivity (Wildman–Crippen MR) is 55.2 cm³/mol. The second-order valence-corrected chi connectivity index (χ2v) is 3.28. The molecule has 0 atom stereocenters. The summed E-state index contributed by atoms with van der Waals surface area (Å²) < 4.78 is 0. The number of piperidine rings is 1. The molecule has 1 saturated heterocycles. The average Bonchev–Trinajstić information content (AvgIpc) is 2.15. The van der Waals surface area contributed by atoms with E-state index in [1.54, 1.807) is 0 Å². The van der Waals surface area contributed by atoms with Crippen LogP contribution in [0.25, 0.3) is 0 Å². The topological polar surface area (TPSA) is 32.3 Å². The summed E-state index contributed by atoms with van der Waals surface area (Å²) in [4.78, 5) is 12.9. The zero-order valence-corrected chi connectivity index (χ0v) is 8.19. The normalized spacial score (nSPS) is 16.5. The van der Waals surface area contributed by atoms with Crippen molar-refractivity contribution in [2.45, 2.75) is 12.8 Å². The van der Waals surface area contributed by atoms with Crippen LogP contribution in [0, 0.1) is 12.3 Å². The van der Waals surface area contributed by atoms with E-state index in [1.165, 1.54) is 0 Å². The maximum absolute atomic E-state index is 10.9. The lowest BCUT2D eigenvalue weighted by Crippen LogP contribution is -2.44. The maximum atomic E-state index is 10.9. The van der Waals surface area contributed by atoms with Gasteiger partial charge in [-0.15, -0.1) is 6.42 Å². The van der Waals surface area contributed by atoms with E-state index in [4.69, 9.17) is 18.6 Å². The molecule has 4 heteroatoms. The Hall–Kier alpha value is -1.08. The fraction of sp³-hybridized carbons (Fsp3) is 0.556. The fourth-order valence-corrected chi connectivity index (χ4v) is 1.45. The molecule has 0 aromatic heterocycles. The van der Waals surface area contributed by atoms with Crippen LogP contribution in [-0.4, -0.2) is 35.4 Å². The van der Waals surface area contributed by atoms with E-state index in [0.29, 0.717) is 30.3 Å². The minimum atomic E-state index is 0.316. The number of ketones is 1. The van der Waals surface area contributed by atoms with Crippen LogP contribution < -0.4 is 5.32 Å². The Morgan fingerprint density at radius 1 is 1.62 bits per heavy atom. The zero-order chi connectivity index (χ0) is 9.68. The lowest BCUT2D eigenvalue weighted by atomic mass is 10.1. The summed E-state index contributed by atoms with van der Waals surface area (Å²) in [6.45, 7) is 1.88. The molecule has 3 nitrogen and oxygen atoms in total. The Labute approximate surface area is 83.5 Å². The molecule has 1 heterocycles. The summed E-state index contributed by atoms with van der Waals surface area (Å²) in [5, 5.41) is 3.58. The molecule has 1 rings (SSSR count). The number of carbonyl (C=O) groups is 1. The van der Waals surface area contributed by atoms with Crippen LogP contribution in [0.4, 0.5) is 0 Å². The van der Waals surface area contributed by atoms with Crippen molar-refractivity contribution in [3.05, 3.63) is 0 Å². The lowest BCUT2D eigenvalue weighted by Gasteiger charge is -2.28. The van der Waals surface area contributed by atoms with E-state index in [0.717, 1.165) is 13.1 Å². The summed E-state index contributed by atoms with van der Waals surface area (Å²) in [5.41, 5.74) is 0. The number of terminal acetylenes is 1. The van der Waals surface area contributed by atoms with Gasteiger partial charge in [0, 0.05) is 25.9 Å². The molecule has 0 aliphatic carbocycles. The molecule has 0 amide bonds. The second kappa shape index (κ2) is 4.83. The third kappa shape index (κ3) is 3.03. The van der Waals surface area contributed by atoms with Gasteiger partial charge in [0.2, 0.25) is 0 Å². The van der Waals surface area contributed by atoms with Gasteiger partial charge in [0.25, 0.3) is 0 Å². The molecule has 0 unspecified atom stereocenters. The highest BCUT2D eigenvalue weighted by atomic mass is 32.1. The van der Waals surface area contributed by atoms with Gasteiger partial charge in [0.05, 0.1) is 6.54 Å². The Morgan fingerprint density at radius 2 is 2.23 bits per heavy atom. The Morgan fingerprint density at radius 3 is 2.77 bits per heavy atom. The van der Waals surface area contributed by atoms with Gasteiger partial charge < -0.3 is 10.2 Å². The van der Waals surface area contributed by atoms with Gasteiger partial charge in [-0.25, -0.2) is 0 Å². The van der Waals surface area contributed by atoms with E-state index in [9.17, 15) is 4.79 Å². The molecular formula is C9H12N2OS. The van der Waals surface area contributed by atoms with Crippen LogP contribution >= 0.6 is 12.2 Å². The van der Waals surface area contributed by atoms with E-state index in [1.807, 2.05) is 4.90 Å². The van der Waals surface area contributed by atoms with Gasteiger partial charge in [-0.05, 0) is 12.2 Å². The molecule has 0 aromatic rings. The van der Waals surface area contributed by atoms with Gasteiger partial charge in [-0.1, -0.05) is 5.92 Å². The molecule has 1 aliphatic rings. The summed E-state index contributed by atoms with van der Waals surface area (Å²) >= 11 is 5.09. The first-order chi connectivity index (χ1) is 6.24. The van der Waals surface area contributed by atoms with Crippen molar-refractivity contribution in [3.63, 3.8) is 0 Å². The van der Waals surface area contributed by atoms with E-state index in [2.05, 4.69) is 11.2 Å². The number of rotatable bonds is 1. The molecule has 0 radical (unpaired) electrons. The summed E-state index contributed by atoms with van der Waals surface area (Å²) in [6.07, 6.45) is 6.27. The van der Waals surface area contributed by atoms with Crippen molar-refractivity contribution in [3.8, 4) is 12.3 Å². The number of Topliss-reactive ketones (excluding diaryl/α,β-unsaturated/α-hetero) is 1. The molecular weight excluding hydrogens is 184 g/mol. The SMILES string of the molecule is C#CCNC(=S)N1CCC(=O)CC1. The quantitative estimate of drug-likeness (QED) is 0.478. The highest BCUT2D eigenvalue weighted by molar-refractivity contribution is 7.80. The molecule has 1 N–H and O–H groups in total. The molecule has 13 heavy (non-hydrogen) atoms. The molecule has 1 fully saturated rings.